The van der Waals surface area contributed by atoms with Crippen molar-refractivity contribution < 1.29 is 0 Å². The van der Waals surface area contributed by atoms with Gasteiger partial charge in [-0.15, -0.1) is 0 Å². The van der Waals surface area contributed by atoms with E-state index in [1.807, 2.05) is 0 Å². The van der Waals surface area contributed by atoms with E-state index < -0.39 is 0 Å². The molecule has 1 aliphatic rings. The van der Waals surface area contributed by atoms with Gasteiger partial charge in [0.25, 0.3) is 0 Å². The maximum Gasteiger partial charge on any atom is 0.0829 e. The molecular weight excluding hydrogens is 316 g/mol. The van der Waals surface area contributed by atoms with Gasteiger partial charge in [-0.3, -0.25) is 0 Å². The first kappa shape index (κ1) is 17.9. The monoisotopic (exact) mass is 346 g/mol. The molecule has 3 rings (SSSR count). The molecule has 130 valence electrons. The molecule has 0 saturated carbocycles. The standard InChI is InChI=1S/C24H30Si/c1-4-5-7-12-21-16-23(17-24(21)20-10-8-6-9-11-20)25-22-14-18(2)13-19(3)15-22/h6,8-11,13-15,17H,4-5,7,12,16,25H2,1-3H3. The third-order valence-electron chi connectivity index (χ3n) is 5.05. The highest BCUT2D eigenvalue weighted by Gasteiger charge is 2.17. The van der Waals surface area contributed by atoms with Crippen LogP contribution in [-0.2, 0) is 0 Å². The highest BCUT2D eigenvalue weighted by atomic mass is 28.2. The van der Waals surface area contributed by atoms with Crippen molar-refractivity contribution in [1.82, 2.24) is 0 Å². The predicted molar refractivity (Wildman–Crippen MR) is 114 cm³/mol. The van der Waals surface area contributed by atoms with E-state index in [-0.39, 0.29) is 9.52 Å². The van der Waals surface area contributed by atoms with Gasteiger partial charge in [0, 0.05) is 0 Å². The van der Waals surface area contributed by atoms with Crippen molar-refractivity contribution in [1.29, 1.82) is 0 Å². The molecule has 0 nitrogen and oxygen atoms in total. The molecule has 0 saturated heterocycles. The lowest BCUT2D eigenvalue weighted by Gasteiger charge is -2.08. The average molecular weight is 347 g/mol. The van der Waals surface area contributed by atoms with Crippen LogP contribution in [0.3, 0.4) is 0 Å². The Bertz CT molecular complexity index is 761. The van der Waals surface area contributed by atoms with Gasteiger partial charge in [0.15, 0.2) is 0 Å². The zero-order chi connectivity index (χ0) is 17.6. The molecule has 0 heterocycles. The molecule has 0 aliphatic heterocycles. The quantitative estimate of drug-likeness (QED) is 0.464. The Balaban J connectivity index is 1.81. The Morgan fingerprint density at radius 1 is 0.920 bits per heavy atom. The molecule has 0 N–H and O–H groups in total. The lowest BCUT2D eigenvalue weighted by Crippen LogP contribution is -2.17. The number of aryl methyl sites for hydroxylation is 2. The van der Waals surface area contributed by atoms with Gasteiger partial charge in [0.2, 0.25) is 0 Å². The van der Waals surface area contributed by atoms with Crippen molar-refractivity contribution in [3.63, 3.8) is 0 Å². The van der Waals surface area contributed by atoms with Gasteiger partial charge in [-0.25, -0.2) is 0 Å². The van der Waals surface area contributed by atoms with E-state index in [2.05, 4.69) is 75.4 Å². The zero-order valence-corrected chi connectivity index (χ0v) is 17.4. The first-order valence-electron chi connectivity index (χ1n) is 9.69. The van der Waals surface area contributed by atoms with E-state index in [0.29, 0.717) is 0 Å². The van der Waals surface area contributed by atoms with Crippen LogP contribution in [0.15, 0.2) is 65.4 Å². The van der Waals surface area contributed by atoms with Crippen LogP contribution in [0.2, 0.25) is 0 Å². The van der Waals surface area contributed by atoms with Crippen molar-refractivity contribution in [2.75, 3.05) is 0 Å². The summed E-state index contributed by atoms with van der Waals surface area (Å²) >= 11 is 0. The van der Waals surface area contributed by atoms with E-state index in [1.165, 1.54) is 54.4 Å². The number of unbranched alkanes of at least 4 members (excludes halogenated alkanes) is 2. The van der Waals surface area contributed by atoms with Crippen LogP contribution in [0.5, 0.6) is 0 Å². The van der Waals surface area contributed by atoms with Gasteiger partial charge in [0.05, 0.1) is 9.52 Å². The van der Waals surface area contributed by atoms with Crippen LogP contribution in [0.25, 0.3) is 5.57 Å². The van der Waals surface area contributed by atoms with E-state index in [9.17, 15) is 0 Å². The Kier molecular flexibility index (Phi) is 6.09. The predicted octanol–water partition coefficient (Wildman–Crippen LogP) is 5.42. The summed E-state index contributed by atoms with van der Waals surface area (Å²) in [6.45, 7) is 6.73. The number of benzene rings is 2. The minimum atomic E-state index is -0.355. The molecule has 0 radical (unpaired) electrons. The van der Waals surface area contributed by atoms with Crippen molar-refractivity contribution in [2.24, 2.45) is 0 Å². The molecule has 0 aromatic heterocycles. The van der Waals surface area contributed by atoms with Gasteiger partial charge in [0.1, 0.15) is 0 Å². The van der Waals surface area contributed by atoms with E-state index >= 15 is 0 Å². The largest absolute Gasteiger partial charge is 0.0829 e. The molecule has 0 spiro atoms. The molecule has 0 bridgehead atoms. The maximum absolute atomic E-state index is 2.53. The SMILES string of the molecule is CCCCCC1=C(c2ccccc2)C=C([SiH2]c2cc(C)cc(C)c2)C1. The topological polar surface area (TPSA) is 0 Å². The Hall–Kier alpha value is -1.86. The van der Waals surface area contributed by atoms with Gasteiger partial charge in [-0.2, -0.15) is 0 Å². The summed E-state index contributed by atoms with van der Waals surface area (Å²) in [7, 11) is -0.355. The van der Waals surface area contributed by atoms with Gasteiger partial charge in [-0.1, -0.05) is 101 Å². The zero-order valence-electron chi connectivity index (χ0n) is 15.9. The minimum Gasteiger partial charge on any atom is -0.0780 e. The van der Waals surface area contributed by atoms with Gasteiger partial charge in [-0.05, 0) is 44.2 Å². The van der Waals surface area contributed by atoms with Crippen molar-refractivity contribution in [2.45, 2.75) is 52.9 Å². The molecule has 0 atom stereocenters. The van der Waals surface area contributed by atoms with Crippen LogP contribution in [0, 0.1) is 13.8 Å². The lowest BCUT2D eigenvalue weighted by molar-refractivity contribution is 0.709. The fourth-order valence-corrected chi connectivity index (χ4v) is 6.10. The minimum absolute atomic E-state index is 0.355. The highest BCUT2D eigenvalue weighted by molar-refractivity contribution is 6.61. The number of hydrogen-bond donors (Lipinski definition) is 0. The Morgan fingerprint density at radius 3 is 2.32 bits per heavy atom. The Labute approximate surface area is 155 Å². The van der Waals surface area contributed by atoms with E-state index in [1.54, 1.807) is 16.0 Å². The van der Waals surface area contributed by atoms with E-state index in [4.69, 9.17) is 0 Å². The third kappa shape index (κ3) is 4.82. The second-order valence-electron chi connectivity index (χ2n) is 7.49. The Morgan fingerprint density at radius 2 is 1.64 bits per heavy atom. The molecule has 2 aromatic rings. The number of hydrogen-bond acceptors (Lipinski definition) is 0. The first-order chi connectivity index (χ1) is 12.2. The second kappa shape index (κ2) is 8.49. The van der Waals surface area contributed by atoms with Gasteiger partial charge < -0.3 is 0 Å². The summed E-state index contributed by atoms with van der Waals surface area (Å²) in [6, 6.07) is 18.1. The number of allylic oxidation sites excluding steroid dienone is 4. The maximum atomic E-state index is 2.53. The first-order valence-corrected chi connectivity index (χ1v) is 11.1. The molecular formula is C24H30Si. The molecule has 2 aromatic carbocycles. The van der Waals surface area contributed by atoms with Crippen molar-refractivity contribution >= 4 is 20.3 Å². The molecule has 1 heteroatoms. The van der Waals surface area contributed by atoms with Crippen LogP contribution >= 0.6 is 0 Å². The van der Waals surface area contributed by atoms with E-state index in [0.717, 1.165) is 0 Å². The van der Waals surface area contributed by atoms with Crippen LogP contribution in [-0.4, -0.2) is 9.52 Å². The molecule has 25 heavy (non-hydrogen) atoms. The summed E-state index contributed by atoms with van der Waals surface area (Å²) in [4.78, 5) is 0. The smallest absolute Gasteiger partial charge is 0.0780 e. The van der Waals surface area contributed by atoms with Crippen molar-refractivity contribution in [3.8, 4) is 0 Å². The van der Waals surface area contributed by atoms with Gasteiger partial charge >= 0.3 is 0 Å². The molecule has 0 unspecified atom stereocenters. The summed E-state index contributed by atoms with van der Waals surface area (Å²) in [5.41, 5.74) is 7.40. The summed E-state index contributed by atoms with van der Waals surface area (Å²) in [5, 5.41) is 3.29. The summed E-state index contributed by atoms with van der Waals surface area (Å²) < 4.78 is 0. The van der Waals surface area contributed by atoms with Crippen LogP contribution in [0.1, 0.15) is 55.7 Å². The summed E-state index contributed by atoms with van der Waals surface area (Å²) in [6.07, 6.45) is 8.97. The highest BCUT2D eigenvalue weighted by Crippen LogP contribution is 2.35. The summed E-state index contributed by atoms with van der Waals surface area (Å²) in [5.74, 6) is 0. The second-order valence-corrected chi connectivity index (χ2v) is 9.57. The molecule has 1 aliphatic carbocycles. The fourth-order valence-electron chi connectivity index (χ4n) is 3.99. The fraction of sp³-hybridized carbons (Fsp3) is 0.333. The van der Waals surface area contributed by atoms with Crippen LogP contribution in [0.4, 0.5) is 0 Å². The van der Waals surface area contributed by atoms with Crippen LogP contribution < -0.4 is 5.19 Å². The molecule has 0 fully saturated rings. The third-order valence-corrected chi connectivity index (χ3v) is 6.77. The molecule has 0 amide bonds. The lowest BCUT2D eigenvalue weighted by atomic mass is 9.98. The number of rotatable bonds is 7. The average Bonchev–Trinajstić information content (AvgIpc) is 2.97. The normalized spacial score (nSPS) is 14.6. The van der Waals surface area contributed by atoms with Crippen molar-refractivity contribution in [3.05, 3.63) is 82.1 Å².